The quantitative estimate of drug-likeness (QED) is 0.689. The highest BCUT2D eigenvalue weighted by atomic mass is 32.1. The number of rotatable bonds is 1. The van der Waals surface area contributed by atoms with Gasteiger partial charge in [0.15, 0.2) is 0 Å². The molecule has 1 saturated heterocycles. The van der Waals surface area contributed by atoms with E-state index in [0.717, 1.165) is 26.2 Å². The van der Waals surface area contributed by atoms with Crippen molar-refractivity contribution in [3.63, 3.8) is 0 Å². The van der Waals surface area contributed by atoms with Crippen molar-refractivity contribution in [3.8, 4) is 0 Å². The topological polar surface area (TPSA) is 66.6 Å². The van der Waals surface area contributed by atoms with Crippen molar-refractivity contribution >= 4 is 22.2 Å². The van der Waals surface area contributed by atoms with E-state index in [-0.39, 0.29) is 5.91 Å². The van der Waals surface area contributed by atoms with Gasteiger partial charge in [0.1, 0.15) is 6.33 Å². The summed E-state index contributed by atoms with van der Waals surface area (Å²) in [6, 6.07) is 0. The lowest BCUT2D eigenvalue weighted by molar-refractivity contribution is 0.0662. The maximum Gasteiger partial charge on any atom is 0.284 e. The molecule has 90 valence electrons. The maximum atomic E-state index is 12.2. The molecule has 17 heavy (non-hydrogen) atoms. The standard InChI is InChI=1S/C9H12N6OS/c1-13-2-4-14(5-3-13)8(16)7-12-15-6-10-11-9(15)17-7/h6H,2-5H2,1H3. The smallest absolute Gasteiger partial charge is 0.284 e. The molecule has 7 nitrogen and oxygen atoms in total. The van der Waals surface area contributed by atoms with E-state index < -0.39 is 0 Å². The van der Waals surface area contributed by atoms with Gasteiger partial charge in [-0.3, -0.25) is 4.79 Å². The lowest BCUT2D eigenvalue weighted by Gasteiger charge is -2.31. The fraction of sp³-hybridized carbons (Fsp3) is 0.556. The Bertz CT molecular complexity index is 512. The van der Waals surface area contributed by atoms with Crippen molar-refractivity contribution in [3.05, 3.63) is 11.3 Å². The fourth-order valence-corrected chi connectivity index (χ4v) is 2.58. The monoisotopic (exact) mass is 252 g/mol. The highest BCUT2D eigenvalue weighted by molar-refractivity contribution is 7.18. The van der Waals surface area contributed by atoms with Gasteiger partial charge < -0.3 is 9.80 Å². The third kappa shape index (κ3) is 1.89. The minimum Gasteiger partial charge on any atom is -0.334 e. The van der Waals surface area contributed by atoms with Crippen molar-refractivity contribution in [1.82, 2.24) is 29.6 Å². The number of hydrogen-bond donors (Lipinski definition) is 0. The molecule has 2 aromatic heterocycles. The zero-order valence-corrected chi connectivity index (χ0v) is 10.2. The summed E-state index contributed by atoms with van der Waals surface area (Å²) in [4.78, 5) is 16.9. The Morgan fingerprint density at radius 2 is 2.12 bits per heavy atom. The Labute approximate surface area is 102 Å². The lowest BCUT2D eigenvalue weighted by atomic mass is 10.3. The van der Waals surface area contributed by atoms with Gasteiger partial charge in [-0.25, -0.2) is 0 Å². The molecule has 1 amide bonds. The number of fused-ring (bicyclic) bond motifs is 1. The predicted molar refractivity (Wildman–Crippen MR) is 62.1 cm³/mol. The fourth-order valence-electron chi connectivity index (χ4n) is 1.79. The van der Waals surface area contributed by atoms with Crippen LogP contribution in [0.2, 0.25) is 0 Å². The number of hydrogen-bond acceptors (Lipinski definition) is 6. The van der Waals surface area contributed by atoms with Crippen LogP contribution >= 0.6 is 11.3 Å². The van der Waals surface area contributed by atoms with Crippen molar-refractivity contribution < 1.29 is 4.79 Å². The average Bonchev–Trinajstić information content (AvgIpc) is 2.89. The minimum atomic E-state index is -0.00593. The summed E-state index contributed by atoms with van der Waals surface area (Å²) < 4.78 is 1.54. The van der Waals surface area contributed by atoms with Gasteiger partial charge in [-0.1, -0.05) is 11.3 Å². The molecule has 8 heteroatoms. The van der Waals surface area contributed by atoms with E-state index >= 15 is 0 Å². The van der Waals surface area contributed by atoms with Crippen LogP contribution in [0.25, 0.3) is 4.96 Å². The van der Waals surface area contributed by atoms with Crippen molar-refractivity contribution in [2.24, 2.45) is 0 Å². The van der Waals surface area contributed by atoms with E-state index in [9.17, 15) is 4.79 Å². The van der Waals surface area contributed by atoms with Crippen molar-refractivity contribution in [1.29, 1.82) is 0 Å². The molecule has 0 N–H and O–H groups in total. The summed E-state index contributed by atoms with van der Waals surface area (Å²) in [6.07, 6.45) is 1.51. The molecule has 0 aliphatic carbocycles. The second-order valence-electron chi connectivity index (χ2n) is 4.06. The number of likely N-dealkylation sites (N-methyl/N-ethyl adjacent to an activating group) is 1. The van der Waals surface area contributed by atoms with Crippen LogP contribution in [0.15, 0.2) is 6.33 Å². The van der Waals surface area contributed by atoms with Crippen molar-refractivity contribution in [2.75, 3.05) is 33.2 Å². The number of amides is 1. The van der Waals surface area contributed by atoms with E-state index in [4.69, 9.17) is 0 Å². The molecule has 2 aromatic rings. The maximum absolute atomic E-state index is 12.2. The highest BCUT2D eigenvalue weighted by Gasteiger charge is 2.23. The molecule has 0 saturated carbocycles. The third-order valence-electron chi connectivity index (χ3n) is 2.86. The van der Waals surface area contributed by atoms with Crippen LogP contribution in [0.3, 0.4) is 0 Å². The molecule has 3 rings (SSSR count). The molecule has 0 spiro atoms. The normalized spacial score (nSPS) is 17.8. The zero-order valence-electron chi connectivity index (χ0n) is 9.41. The van der Waals surface area contributed by atoms with E-state index in [1.165, 1.54) is 22.2 Å². The molecule has 1 aliphatic heterocycles. The van der Waals surface area contributed by atoms with Gasteiger partial charge >= 0.3 is 0 Å². The largest absolute Gasteiger partial charge is 0.334 e. The van der Waals surface area contributed by atoms with E-state index in [1.54, 1.807) is 0 Å². The van der Waals surface area contributed by atoms with Gasteiger partial charge in [-0.05, 0) is 7.05 Å². The zero-order chi connectivity index (χ0) is 11.8. The van der Waals surface area contributed by atoms with Crippen LogP contribution in [-0.4, -0.2) is 68.7 Å². The summed E-state index contributed by atoms with van der Waals surface area (Å²) in [5, 5.41) is 12.2. The van der Waals surface area contributed by atoms with Crippen LogP contribution in [0, 0.1) is 0 Å². The molecule has 0 aromatic carbocycles. The Morgan fingerprint density at radius 3 is 2.82 bits per heavy atom. The molecule has 0 atom stereocenters. The Balaban J connectivity index is 1.79. The third-order valence-corrected chi connectivity index (χ3v) is 3.76. The predicted octanol–water partition coefficient (Wildman–Crippen LogP) is -0.427. The minimum absolute atomic E-state index is 0.00593. The van der Waals surface area contributed by atoms with Gasteiger partial charge in [0.05, 0.1) is 0 Å². The number of carbonyl (C=O) groups excluding carboxylic acids is 1. The summed E-state index contributed by atoms with van der Waals surface area (Å²) in [5.74, 6) is -0.00593. The van der Waals surface area contributed by atoms with E-state index in [1.807, 2.05) is 4.90 Å². The number of aromatic nitrogens is 4. The highest BCUT2D eigenvalue weighted by Crippen LogP contribution is 2.14. The lowest BCUT2D eigenvalue weighted by Crippen LogP contribution is -2.47. The Morgan fingerprint density at radius 1 is 1.35 bits per heavy atom. The molecule has 0 bridgehead atoms. The average molecular weight is 252 g/mol. The molecule has 0 unspecified atom stereocenters. The second-order valence-corrected chi connectivity index (χ2v) is 5.02. The molecule has 1 aliphatic rings. The first kappa shape index (κ1) is 10.6. The van der Waals surface area contributed by atoms with Gasteiger partial charge in [-0.2, -0.15) is 4.52 Å². The number of nitrogens with zero attached hydrogens (tertiary/aromatic N) is 6. The van der Waals surface area contributed by atoms with Crippen LogP contribution in [0.1, 0.15) is 9.80 Å². The molecule has 3 heterocycles. The SMILES string of the molecule is CN1CCN(C(=O)c2nn3cnnc3s2)CC1. The molecule has 0 radical (unpaired) electrons. The molecule has 1 fully saturated rings. The summed E-state index contributed by atoms with van der Waals surface area (Å²) in [6.45, 7) is 3.34. The van der Waals surface area contributed by atoms with Gasteiger partial charge in [0.25, 0.3) is 5.91 Å². The van der Waals surface area contributed by atoms with Crippen LogP contribution in [0.5, 0.6) is 0 Å². The second kappa shape index (κ2) is 4.04. The first-order valence-electron chi connectivity index (χ1n) is 5.39. The summed E-state index contributed by atoms with van der Waals surface area (Å²) in [5.41, 5.74) is 0. The number of carbonyl (C=O) groups is 1. The van der Waals surface area contributed by atoms with Crippen LogP contribution < -0.4 is 0 Å². The molecular weight excluding hydrogens is 240 g/mol. The molecular formula is C9H12N6OS. The van der Waals surface area contributed by atoms with Crippen molar-refractivity contribution in [2.45, 2.75) is 0 Å². The first-order chi connectivity index (χ1) is 8.24. The van der Waals surface area contributed by atoms with Gasteiger partial charge in [-0.15, -0.1) is 15.3 Å². The van der Waals surface area contributed by atoms with E-state index in [0.29, 0.717) is 9.97 Å². The Kier molecular flexibility index (Phi) is 2.52. The van der Waals surface area contributed by atoms with Crippen LogP contribution in [-0.2, 0) is 0 Å². The first-order valence-corrected chi connectivity index (χ1v) is 6.20. The number of piperazine rings is 1. The van der Waals surface area contributed by atoms with Gasteiger partial charge in [0.2, 0.25) is 9.97 Å². The summed E-state index contributed by atoms with van der Waals surface area (Å²) >= 11 is 1.28. The van der Waals surface area contributed by atoms with Crippen LogP contribution in [0.4, 0.5) is 0 Å². The van der Waals surface area contributed by atoms with E-state index in [2.05, 4.69) is 27.2 Å². The Hall–Kier alpha value is -1.54. The summed E-state index contributed by atoms with van der Waals surface area (Å²) in [7, 11) is 2.06. The van der Waals surface area contributed by atoms with Gasteiger partial charge in [0, 0.05) is 26.2 Å².